The molecule has 2 aromatic rings. The molecule has 4 heteroatoms. The largest absolute Gasteiger partial charge is 0.293 e. The summed E-state index contributed by atoms with van der Waals surface area (Å²) in [5.74, 6) is -3.18. The third kappa shape index (κ3) is 4.07. The molecule has 184 valence electrons. The summed E-state index contributed by atoms with van der Waals surface area (Å²) in [6, 6.07) is 10.2. The van der Waals surface area contributed by atoms with Gasteiger partial charge in [-0.25, -0.2) is 0 Å². The molecule has 2 aromatic carbocycles. The van der Waals surface area contributed by atoms with E-state index >= 15 is 0 Å². The molecular weight excluding hydrogens is 448 g/mol. The molecule has 4 unspecified atom stereocenters. The molecule has 0 spiro atoms. The first kappa shape index (κ1) is 26.7. The molecule has 0 aromatic heterocycles. The minimum Gasteiger partial charge on any atom is -0.293 e. The second kappa shape index (κ2) is 11.2. The Morgan fingerprint density at radius 2 is 0.944 bits per heavy atom. The van der Waals surface area contributed by atoms with Crippen LogP contribution in [0.15, 0.2) is 86.0 Å². The van der Waals surface area contributed by atoms with Crippen molar-refractivity contribution < 1.29 is 19.2 Å². The van der Waals surface area contributed by atoms with Crippen molar-refractivity contribution in [3.8, 4) is 11.1 Å². The lowest BCUT2D eigenvalue weighted by Gasteiger charge is -2.31. The standard InChI is InChI=1S/C28H20O4.2C2H6/c1-3-15-16(4-2)27(31)23-17(11-7-13-21(23)25(15)29)18-12-8-14-22-24(18)28(32)20-10-6-5-9-19(20)26(22)30;2*1-2/h3-16,19-20H,1-2H2;2*1-2H3. The van der Waals surface area contributed by atoms with E-state index in [4.69, 9.17) is 0 Å². The van der Waals surface area contributed by atoms with Crippen LogP contribution in [-0.4, -0.2) is 23.1 Å². The maximum absolute atomic E-state index is 13.5. The number of rotatable bonds is 3. The molecule has 4 nitrogen and oxygen atoms in total. The fraction of sp³-hybridized carbons (Fsp3) is 0.250. The smallest absolute Gasteiger partial charge is 0.172 e. The van der Waals surface area contributed by atoms with Crippen molar-refractivity contribution >= 4 is 23.1 Å². The number of Topliss-reactive ketones (excluding diaryl/α,β-unsaturated/α-hetero) is 4. The average molecular weight is 481 g/mol. The van der Waals surface area contributed by atoms with Gasteiger partial charge in [0.05, 0.1) is 23.7 Å². The van der Waals surface area contributed by atoms with E-state index in [1.165, 1.54) is 12.2 Å². The molecule has 5 rings (SSSR count). The van der Waals surface area contributed by atoms with Gasteiger partial charge in [0.2, 0.25) is 0 Å². The molecule has 3 aliphatic carbocycles. The molecule has 0 heterocycles. The van der Waals surface area contributed by atoms with E-state index in [0.29, 0.717) is 27.8 Å². The van der Waals surface area contributed by atoms with E-state index < -0.39 is 23.7 Å². The van der Waals surface area contributed by atoms with E-state index in [-0.39, 0.29) is 28.7 Å². The average Bonchev–Trinajstić information content (AvgIpc) is 2.94. The van der Waals surface area contributed by atoms with Crippen LogP contribution in [0.1, 0.15) is 69.1 Å². The molecule has 0 radical (unpaired) electrons. The molecule has 0 saturated carbocycles. The number of fused-ring (bicyclic) bond motifs is 3. The molecule has 4 atom stereocenters. The number of carbonyl (C=O) groups excluding carboxylic acids is 4. The predicted octanol–water partition coefficient (Wildman–Crippen LogP) is 7.13. The van der Waals surface area contributed by atoms with Crippen LogP contribution < -0.4 is 0 Å². The summed E-state index contributed by atoms with van der Waals surface area (Å²) in [6.45, 7) is 15.5. The van der Waals surface area contributed by atoms with Gasteiger partial charge in [-0.1, -0.05) is 101 Å². The van der Waals surface area contributed by atoms with Crippen molar-refractivity contribution in [2.75, 3.05) is 0 Å². The monoisotopic (exact) mass is 480 g/mol. The quantitative estimate of drug-likeness (QED) is 0.438. The molecule has 0 aliphatic heterocycles. The number of ketones is 4. The van der Waals surface area contributed by atoms with Crippen LogP contribution in [0.4, 0.5) is 0 Å². The highest BCUT2D eigenvalue weighted by Crippen LogP contribution is 2.42. The minimum atomic E-state index is -0.721. The molecule has 0 saturated heterocycles. The Hall–Kier alpha value is -3.92. The Kier molecular flexibility index (Phi) is 8.31. The molecule has 0 N–H and O–H groups in total. The molecule has 36 heavy (non-hydrogen) atoms. The van der Waals surface area contributed by atoms with Crippen molar-refractivity contribution in [3.05, 3.63) is 108 Å². The third-order valence-corrected chi connectivity index (χ3v) is 6.68. The van der Waals surface area contributed by atoms with Crippen molar-refractivity contribution in [2.24, 2.45) is 23.7 Å². The van der Waals surface area contributed by atoms with Gasteiger partial charge >= 0.3 is 0 Å². The topological polar surface area (TPSA) is 68.3 Å². The van der Waals surface area contributed by atoms with Crippen molar-refractivity contribution in [2.45, 2.75) is 27.7 Å². The highest BCUT2D eigenvalue weighted by molar-refractivity contribution is 6.23. The zero-order valence-corrected chi connectivity index (χ0v) is 21.3. The van der Waals surface area contributed by atoms with Crippen LogP contribution >= 0.6 is 0 Å². The second-order valence-corrected chi connectivity index (χ2v) is 8.26. The van der Waals surface area contributed by atoms with Gasteiger partial charge in [0.1, 0.15) is 0 Å². The van der Waals surface area contributed by atoms with E-state index in [9.17, 15) is 19.2 Å². The number of allylic oxidation sites excluding steroid dienone is 6. The lowest BCUT2D eigenvalue weighted by Crippen LogP contribution is -2.36. The Balaban J connectivity index is 0.000000861. The fourth-order valence-electron chi connectivity index (χ4n) is 5.13. The van der Waals surface area contributed by atoms with Crippen LogP contribution in [0, 0.1) is 23.7 Å². The fourth-order valence-corrected chi connectivity index (χ4v) is 5.13. The molecule has 0 amide bonds. The van der Waals surface area contributed by atoms with Gasteiger partial charge in [0, 0.05) is 22.3 Å². The number of hydrogen-bond acceptors (Lipinski definition) is 4. The first-order valence-electron chi connectivity index (χ1n) is 12.5. The normalized spacial score (nSPS) is 23.2. The zero-order valence-electron chi connectivity index (χ0n) is 21.3. The predicted molar refractivity (Wildman–Crippen MR) is 145 cm³/mol. The molecule has 0 fully saturated rings. The van der Waals surface area contributed by atoms with E-state index in [0.717, 1.165) is 0 Å². The van der Waals surface area contributed by atoms with Gasteiger partial charge in [-0.3, -0.25) is 19.2 Å². The highest BCUT2D eigenvalue weighted by Gasteiger charge is 2.43. The lowest BCUT2D eigenvalue weighted by molar-refractivity contribution is 0.0801. The Morgan fingerprint density at radius 3 is 1.44 bits per heavy atom. The van der Waals surface area contributed by atoms with Gasteiger partial charge in [-0.15, -0.1) is 13.2 Å². The first-order valence-corrected chi connectivity index (χ1v) is 12.5. The number of benzene rings is 2. The van der Waals surface area contributed by atoms with Crippen LogP contribution in [-0.2, 0) is 0 Å². The third-order valence-electron chi connectivity index (χ3n) is 6.68. The van der Waals surface area contributed by atoms with Gasteiger partial charge in [0.25, 0.3) is 0 Å². The first-order chi connectivity index (χ1) is 17.5. The summed E-state index contributed by atoms with van der Waals surface area (Å²) >= 11 is 0. The SMILES string of the molecule is C=CC1C(=O)c2cccc(-c3cccc4c3C(=O)C3C=CC=CC3C4=O)c2C(=O)C1C=C.CC.CC. The van der Waals surface area contributed by atoms with E-state index in [1.807, 2.05) is 27.7 Å². The Bertz CT molecular complexity index is 1230. The summed E-state index contributed by atoms with van der Waals surface area (Å²) in [6.07, 6.45) is 10.0. The summed E-state index contributed by atoms with van der Waals surface area (Å²) in [5, 5.41) is 0. The number of hydrogen-bond donors (Lipinski definition) is 0. The van der Waals surface area contributed by atoms with E-state index in [1.54, 1.807) is 60.7 Å². The summed E-state index contributed by atoms with van der Waals surface area (Å²) < 4.78 is 0. The van der Waals surface area contributed by atoms with Crippen LogP contribution in [0.2, 0.25) is 0 Å². The van der Waals surface area contributed by atoms with Crippen LogP contribution in [0.3, 0.4) is 0 Å². The summed E-state index contributed by atoms with van der Waals surface area (Å²) in [5.41, 5.74) is 2.23. The van der Waals surface area contributed by atoms with Gasteiger partial charge in [0.15, 0.2) is 23.1 Å². The zero-order chi connectivity index (χ0) is 26.6. The molecule has 0 bridgehead atoms. The van der Waals surface area contributed by atoms with Gasteiger partial charge < -0.3 is 0 Å². The minimum absolute atomic E-state index is 0.116. The van der Waals surface area contributed by atoms with Crippen molar-refractivity contribution in [1.29, 1.82) is 0 Å². The Morgan fingerprint density at radius 1 is 0.556 bits per heavy atom. The summed E-state index contributed by atoms with van der Waals surface area (Å²) in [7, 11) is 0. The lowest BCUT2D eigenvalue weighted by atomic mass is 9.69. The van der Waals surface area contributed by atoms with Crippen molar-refractivity contribution in [3.63, 3.8) is 0 Å². The number of carbonyl (C=O) groups is 4. The van der Waals surface area contributed by atoms with Crippen molar-refractivity contribution in [1.82, 2.24) is 0 Å². The van der Waals surface area contributed by atoms with Gasteiger partial charge in [-0.05, 0) is 11.1 Å². The maximum Gasteiger partial charge on any atom is 0.172 e. The highest BCUT2D eigenvalue weighted by atomic mass is 16.1. The van der Waals surface area contributed by atoms with Crippen LogP contribution in [0.5, 0.6) is 0 Å². The van der Waals surface area contributed by atoms with Crippen LogP contribution in [0.25, 0.3) is 11.1 Å². The molecule has 3 aliphatic rings. The Labute approximate surface area is 213 Å². The second-order valence-electron chi connectivity index (χ2n) is 8.26. The van der Waals surface area contributed by atoms with E-state index in [2.05, 4.69) is 13.2 Å². The molecular formula is C32H32O4. The summed E-state index contributed by atoms with van der Waals surface area (Å²) in [4.78, 5) is 53.3. The van der Waals surface area contributed by atoms with Gasteiger partial charge in [-0.2, -0.15) is 0 Å². The maximum atomic E-state index is 13.5.